The molecule has 0 aliphatic heterocycles. The van der Waals surface area contributed by atoms with Gasteiger partial charge in [-0.05, 0) is 54.3 Å². The highest BCUT2D eigenvalue weighted by molar-refractivity contribution is 5.76. The first kappa shape index (κ1) is 17.8. The van der Waals surface area contributed by atoms with Crippen molar-refractivity contribution in [3.8, 4) is 5.75 Å². The highest BCUT2D eigenvalue weighted by Crippen LogP contribution is 2.26. The summed E-state index contributed by atoms with van der Waals surface area (Å²) < 4.78 is 54.8. The zero-order valence-corrected chi connectivity index (χ0v) is 13.1. The first-order valence-corrected chi connectivity index (χ1v) is 7.09. The zero-order chi connectivity index (χ0) is 17.7. The Bertz CT molecular complexity index is 742. The summed E-state index contributed by atoms with van der Waals surface area (Å²) in [5, 5.41) is 2.72. The Labute approximate surface area is 137 Å². The van der Waals surface area contributed by atoms with Crippen LogP contribution in [-0.2, 0) is 6.42 Å². The molecule has 1 N–H and O–H groups in total. The molecule has 2 aromatic rings. The van der Waals surface area contributed by atoms with Crippen molar-refractivity contribution in [2.45, 2.75) is 19.7 Å². The molecule has 0 amide bonds. The van der Waals surface area contributed by atoms with Gasteiger partial charge in [0.05, 0.1) is 12.0 Å². The molecule has 0 aliphatic carbocycles. The molecule has 2 rings (SSSR count). The van der Waals surface area contributed by atoms with E-state index in [2.05, 4.69) is 15.0 Å². The number of aryl methyl sites for hydroxylation is 1. The minimum atomic E-state index is -4.74. The Morgan fingerprint density at radius 3 is 2.62 bits per heavy atom. The van der Waals surface area contributed by atoms with Crippen LogP contribution in [0.3, 0.4) is 0 Å². The average molecular weight is 340 g/mol. The lowest BCUT2D eigenvalue weighted by Crippen LogP contribution is -2.17. The number of alkyl halides is 3. The van der Waals surface area contributed by atoms with Crippen molar-refractivity contribution >= 4 is 12.0 Å². The molecule has 0 fully saturated rings. The topological polar surface area (TPSA) is 33.6 Å². The Balaban J connectivity index is 2.22. The van der Waals surface area contributed by atoms with Gasteiger partial charge in [0.1, 0.15) is 11.6 Å². The maximum atomic E-state index is 14.1. The molecule has 0 atom stereocenters. The number of hydrogen-bond acceptors (Lipinski definition) is 2. The molecule has 0 aliphatic rings. The van der Waals surface area contributed by atoms with Crippen LogP contribution >= 0.6 is 0 Å². The van der Waals surface area contributed by atoms with E-state index < -0.39 is 12.2 Å². The van der Waals surface area contributed by atoms with Crippen molar-refractivity contribution in [1.29, 1.82) is 0 Å². The quantitative estimate of drug-likeness (QED) is 0.486. The van der Waals surface area contributed by atoms with Crippen LogP contribution in [0.15, 0.2) is 41.4 Å². The lowest BCUT2D eigenvalue weighted by molar-refractivity contribution is -0.274. The van der Waals surface area contributed by atoms with Gasteiger partial charge in [0.15, 0.2) is 0 Å². The Kier molecular flexibility index (Phi) is 5.43. The average Bonchev–Trinajstić information content (AvgIpc) is 2.48. The second-order valence-electron chi connectivity index (χ2n) is 5.16. The predicted molar refractivity (Wildman–Crippen MR) is 85.1 cm³/mol. The van der Waals surface area contributed by atoms with Crippen LogP contribution in [0.5, 0.6) is 5.75 Å². The lowest BCUT2D eigenvalue weighted by atomic mass is 9.99. The van der Waals surface area contributed by atoms with E-state index in [1.165, 1.54) is 30.6 Å². The number of benzene rings is 2. The van der Waals surface area contributed by atoms with Gasteiger partial charge in [-0.15, -0.1) is 13.2 Å². The van der Waals surface area contributed by atoms with Crippen LogP contribution in [0.4, 0.5) is 23.2 Å². The van der Waals surface area contributed by atoms with Crippen LogP contribution in [0.25, 0.3) is 0 Å². The Hall–Kier alpha value is -2.57. The molecule has 0 bridgehead atoms. The Morgan fingerprint density at radius 2 is 1.96 bits per heavy atom. The fourth-order valence-electron chi connectivity index (χ4n) is 2.23. The summed E-state index contributed by atoms with van der Waals surface area (Å²) in [5.74, 6) is -0.756. The number of anilines is 1. The number of aliphatic imine (C=N–C) groups is 1. The molecular formula is C17H16F4N2O. The smallest absolute Gasteiger partial charge is 0.406 e. The predicted octanol–water partition coefficient (Wildman–Crippen LogP) is 4.69. The molecule has 128 valence electrons. The summed E-state index contributed by atoms with van der Waals surface area (Å²) in [6, 6.07) is 8.63. The normalized spacial score (nSPS) is 11.8. The monoisotopic (exact) mass is 340 g/mol. The van der Waals surface area contributed by atoms with Gasteiger partial charge in [-0.2, -0.15) is 0 Å². The molecule has 24 heavy (non-hydrogen) atoms. The second kappa shape index (κ2) is 7.33. The maximum Gasteiger partial charge on any atom is 0.573 e. The van der Waals surface area contributed by atoms with Gasteiger partial charge in [0, 0.05) is 7.05 Å². The third kappa shape index (κ3) is 4.97. The summed E-state index contributed by atoms with van der Waals surface area (Å²) >= 11 is 0. The van der Waals surface area contributed by atoms with E-state index in [1.54, 1.807) is 26.1 Å². The third-order valence-electron chi connectivity index (χ3n) is 3.30. The molecular weight excluding hydrogens is 324 g/mol. The molecule has 3 nitrogen and oxygen atoms in total. The maximum absolute atomic E-state index is 14.1. The molecule has 0 heterocycles. The largest absolute Gasteiger partial charge is 0.573 e. The summed E-state index contributed by atoms with van der Waals surface area (Å²) in [6.07, 6.45) is -3.08. The number of ether oxygens (including phenoxy) is 1. The highest BCUT2D eigenvalue weighted by atomic mass is 19.4. The molecule has 0 spiro atoms. The van der Waals surface area contributed by atoms with Crippen molar-refractivity contribution in [1.82, 2.24) is 0 Å². The van der Waals surface area contributed by atoms with Crippen molar-refractivity contribution in [2.24, 2.45) is 4.99 Å². The first-order valence-electron chi connectivity index (χ1n) is 7.09. The van der Waals surface area contributed by atoms with E-state index in [0.717, 1.165) is 5.56 Å². The van der Waals surface area contributed by atoms with E-state index in [9.17, 15) is 17.6 Å². The fraction of sp³-hybridized carbons (Fsp3) is 0.235. The van der Waals surface area contributed by atoms with Crippen molar-refractivity contribution in [2.75, 3.05) is 12.4 Å². The minimum absolute atomic E-state index is 0.288. The SMILES string of the molecule is CN=CNc1cc(C)c(Cc2cccc(OC(F)(F)F)c2)cc1F. The van der Waals surface area contributed by atoms with E-state index in [-0.39, 0.29) is 11.4 Å². The molecule has 7 heteroatoms. The zero-order valence-electron chi connectivity index (χ0n) is 13.1. The molecule has 0 radical (unpaired) electrons. The minimum Gasteiger partial charge on any atom is -0.406 e. The van der Waals surface area contributed by atoms with Crippen LogP contribution in [0, 0.1) is 12.7 Å². The van der Waals surface area contributed by atoms with Crippen LogP contribution < -0.4 is 10.1 Å². The van der Waals surface area contributed by atoms with Gasteiger partial charge in [0.25, 0.3) is 0 Å². The number of hydrogen-bond donors (Lipinski definition) is 1. The molecule has 2 aromatic carbocycles. The molecule has 0 saturated carbocycles. The number of halogens is 4. The second-order valence-corrected chi connectivity index (χ2v) is 5.16. The van der Waals surface area contributed by atoms with Crippen molar-refractivity contribution in [3.05, 3.63) is 58.9 Å². The van der Waals surface area contributed by atoms with Crippen LogP contribution in [0.2, 0.25) is 0 Å². The summed E-state index contributed by atoms with van der Waals surface area (Å²) in [4.78, 5) is 3.72. The van der Waals surface area contributed by atoms with Gasteiger partial charge >= 0.3 is 6.36 Å². The molecule has 0 saturated heterocycles. The van der Waals surface area contributed by atoms with Crippen molar-refractivity contribution in [3.63, 3.8) is 0 Å². The van der Waals surface area contributed by atoms with Crippen LogP contribution in [0.1, 0.15) is 16.7 Å². The van der Waals surface area contributed by atoms with Gasteiger partial charge in [-0.25, -0.2) is 4.39 Å². The first-order chi connectivity index (χ1) is 11.3. The van der Waals surface area contributed by atoms with Crippen LogP contribution in [-0.4, -0.2) is 19.7 Å². The van der Waals surface area contributed by atoms with E-state index in [1.807, 2.05) is 0 Å². The standard InChI is InChI=1S/C17H16F4N2O/c1-11-6-16(23-10-22-2)15(18)9-13(11)7-12-4-3-5-14(8-12)24-17(19,20)21/h3-6,8-10H,7H2,1-2H3,(H,22,23). The Morgan fingerprint density at radius 1 is 1.21 bits per heavy atom. The van der Waals surface area contributed by atoms with E-state index >= 15 is 0 Å². The van der Waals surface area contributed by atoms with E-state index in [0.29, 0.717) is 17.5 Å². The number of rotatable bonds is 5. The van der Waals surface area contributed by atoms with Gasteiger partial charge < -0.3 is 10.1 Å². The van der Waals surface area contributed by atoms with Gasteiger partial charge in [0.2, 0.25) is 0 Å². The third-order valence-corrected chi connectivity index (χ3v) is 3.30. The number of nitrogens with zero attached hydrogens (tertiary/aromatic N) is 1. The summed E-state index contributed by atoms with van der Waals surface area (Å²) in [7, 11) is 1.56. The summed E-state index contributed by atoms with van der Waals surface area (Å²) in [5.41, 5.74) is 2.37. The van der Waals surface area contributed by atoms with Gasteiger partial charge in [-0.3, -0.25) is 4.99 Å². The lowest BCUT2D eigenvalue weighted by Gasteiger charge is -2.12. The van der Waals surface area contributed by atoms with Crippen molar-refractivity contribution < 1.29 is 22.3 Å². The molecule has 0 aromatic heterocycles. The number of nitrogens with one attached hydrogen (secondary N) is 1. The van der Waals surface area contributed by atoms with E-state index in [4.69, 9.17) is 0 Å². The van der Waals surface area contributed by atoms with Gasteiger partial charge in [-0.1, -0.05) is 12.1 Å². The fourth-order valence-corrected chi connectivity index (χ4v) is 2.23. The highest BCUT2D eigenvalue weighted by Gasteiger charge is 2.31. The summed E-state index contributed by atoms with van der Waals surface area (Å²) in [6.45, 7) is 1.80. The molecule has 0 unspecified atom stereocenters.